The predicted molar refractivity (Wildman–Crippen MR) is 604 cm³/mol. The van der Waals surface area contributed by atoms with E-state index < -0.39 is 15.1 Å². The summed E-state index contributed by atoms with van der Waals surface area (Å²) in [6, 6.07) is 183. The summed E-state index contributed by atoms with van der Waals surface area (Å²) in [5.41, 5.74) is 26.8. The zero-order valence-electron chi connectivity index (χ0n) is 78.9. The molecule has 0 radical (unpaired) electrons. The molecule has 145 heavy (non-hydrogen) atoms. The average Bonchev–Trinajstić information content (AvgIpc) is 1.67. The monoisotopic (exact) mass is 1870 g/mol. The van der Waals surface area contributed by atoms with Gasteiger partial charge in [0, 0.05) is 108 Å². The first kappa shape index (κ1) is 88.7. The van der Waals surface area contributed by atoms with E-state index in [2.05, 4.69) is 458 Å². The highest BCUT2D eigenvalue weighted by Gasteiger charge is 2.46. The summed E-state index contributed by atoms with van der Waals surface area (Å²) in [6.45, 7) is 0. The average molecular weight is 1880 g/mol. The van der Waals surface area contributed by atoms with E-state index in [1.54, 1.807) is 18.6 Å². The number of para-hydroxylation sites is 7. The molecular formula is C133H91AlN8O3. The number of hydrogen-bond donors (Lipinski definition) is 0. The van der Waals surface area contributed by atoms with Gasteiger partial charge in [0.25, 0.3) is 0 Å². The first-order valence-corrected chi connectivity index (χ1v) is 50.1. The molecule has 0 spiro atoms. The van der Waals surface area contributed by atoms with E-state index in [9.17, 15) is 0 Å². The molecule has 21 aromatic carbocycles. The van der Waals surface area contributed by atoms with Crippen molar-refractivity contribution in [1.29, 1.82) is 0 Å². The second-order valence-electron chi connectivity index (χ2n) is 35.5. The van der Waals surface area contributed by atoms with Gasteiger partial charge in [-0.3, -0.25) is 24.9 Å². The number of nitrogens with zero attached hydrogens (tertiary/aromatic N) is 8. The summed E-state index contributed by atoms with van der Waals surface area (Å²) in [5.74, 6) is 1.82. The van der Waals surface area contributed by atoms with Crippen LogP contribution in [-0.4, -0.2) is 44.6 Å². The van der Waals surface area contributed by atoms with Crippen LogP contribution in [0, 0.1) is 0 Å². The smallest absolute Gasteiger partial charge is 0.576 e. The van der Waals surface area contributed by atoms with Crippen LogP contribution in [0.3, 0.4) is 0 Å². The Hall–Kier alpha value is -19.0. The summed E-state index contributed by atoms with van der Waals surface area (Å²) >= 11 is -2.86. The molecule has 0 saturated heterocycles. The molecule has 0 fully saturated rings. The molecule has 0 N–H and O–H groups in total. The number of hydrogen-bond acceptors (Lipinski definition) is 10. The van der Waals surface area contributed by atoms with E-state index in [-0.39, 0.29) is 0 Å². The number of anilines is 6. The minimum Gasteiger partial charge on any atom is -0.576 e. The van der Waals surface area contributed by atoms with E-state index in [1.165, 1.54) is 126 Å². The van der Waals surface area contributed by atoms with Gasteiger partial charge in [0.2, 0.25) is 0 Å². The fourth-order valence-electron chi connectivity index (χ4n) is 20.2. The molecule has 6 heterocycles. The van der Waals surface area contributed by atoms with Crippen LogP contribution in [0.25, 0.3) is 181 Å². The highest BCUT2D eigenvalue weighted by molar-refractivity contribution is 6.40. The van der Waals surface area contributed by atoms with Crippen molar-refractivity contribution >= 4 is 169 Å². The van der Waals surface area contributed by atoms with Crippen LogP contribution in [0.4, 0.5) is 34.1 Å². The molecule has 0 aliphatic heterocycles. The first-order valence-electron chi connectivity index (χ1n) is 48.7. The Morgan fingerprint density at radius 1 is 0.179 bits per heavy atom. The van der Waals surface area contributed by atoms with Gasteiger partial charge in [0.15, 0.2) is 0 Å². The zero-order chi connectivity index (χ0) is 96.6. The number of fused-ring (bicyclic) bond motifs is 13. The van der Waals surface area contributed by atoms with Crippen molar-refractivity contribution in [2.24, 2.45) is 0 Å². The van der Waals surface area contributed by atoms with Crippen LogP contribution in [0.15, 0.2) is 553 Å². The number of aromatic nitrogens is 6. The number of benzene rings is 21. The van der Waals surface area contributed by atoms with Gasteiger partial charge in [0.05, 0.1) is 33.4 Å². The van der Waals surface area contributed by atoms with Gasteiger partial charge in [0.1, 0.15) is 33.8 Å². The van der Waals surface area contributed by atoms with Crippen molar-refractivity contribution < 1.29 is 11.4 Å². The van der Waals surface area contributed by atoms with Crippen LogP contribution in [0.1, 0.15) is 0 Å². The van der Waals surface area contributed by atoms with Crippen LogP contribution < -0.4 is 21.2 Å². The summed E-state index contributed by atoms with van der Waals surface area (Å²) in [5, 5.41) is 17.8. The number of pyridine rings is 5. The SMILES string of the molecule is c1ccc(-c2c3ccccc3c(-c3ccc(-n4c5ccccc5c5ccccc54)cc3)c3ccccc23)cc1.c1ccc(-c2ccnc3c2ccc2c(-c4ccccc4)ccnc23)cc1.c1ccc(N(c2ccc(-c3ccc(N(c4ccccc4)c4cccc5ccccc45)cc3)cc2)c2cccc3ccccc23)cc1.c1cnc2c([O][Al]([O]c3cccc4cccnc34)[O]c3cccc4cccnc34)cccc2c1. The van der Waals surface area contributed by atoms with E-state index in [1.807, 2.05) is 116 Å². The predicted octanol–water partition coefficient (Wildman–Crippen LogP) is 35.0. The zero-order valence-corrected chi connectivity index (χ0v) is 80.1. The molecule has 0 bridgehead atoms. The van der Waals surface area contributed by atoms with E-state index >= 15 is 0 Å². The Balaban J connectivity index is 0.000000106. The van der Waals surface area contributed by atoms with Crippen LogP contribution in [0.5, 0.6) is 17.2 Å². The lowest BCUT2D eigenvalue weighted by Gasteiger charge is -2.27. The molecule has 0 atom stereocenters. The third-order valence-corrected chi connectivity index (χ3v) is 28.2. The second-order valence-corrected chi connectivity index (χ2v) is 36.8. The molecule has 0 aliphatic rings. The summed E-state index contributed by atoms with van der Waals surface area (Å²) in [7, 11) is 0. The lowest BCUT2D eigenvalue weighted by molar-refractivity contribution is 0.311. The molecule has 0 amide bonds. The summed E-state index contributed by atoms with van der Waals surface area (Å²) < 4.78 is 21.6. The third-order valence-electron chi connectivity index (χ3n) is 26.9. The standard InChI is InChI=1S/C44H32N2.C38H25N.C24H16N2.3C9H7NO.Al/c1-3-17-37(18-4-1)45(43-23-11-15-35-13-7-9-21-41(35)43)39-29-25-33(26-30-39)34-27-31-40(32-28-34)46(38-19-5-2-6-20-38)44-24-12-16-36-14-8-10-22-42(36)44;1-2-12-26(13-3-1)37-31-16-4-6-18-33(31)38(34-19-7-5-17-32(34)37)27-22-24-28(25-23-27)39-35-20-10-8-14-29(35)30-15-9-11-21-36(30)39;1-3-7-17(8-4-1)19-13-15-25-23-21(19)11-12-22-20(14-16-26-24(22)23)18-9-5-2-6-10-18;3*11-8-5-1-3-7-4-2-6-10-9(7)8;/h1-32H;1-25H;1-16H;3*1-6,11H;/q;;;;;;+3/p-3. The molecule has 6 aromatic heterocycles. The second kappa shape index (κ2) is 40.5. The summed E-state index contributed by atoms with van der Waals surface area (Å²) in [6.07, 6.45) is 8.99. The Bertz CT molecular complexity index is 8790. The van der Waals surface area contributed by atoms with E-state index in [0.29, 0.717) is 17.2 Å². The van der Waals surface area contributed by atoms with Crippen LogP contribution in [0.2, 0.25) is 0 Å². The Kier molecular flexibility index (Phi) is 24.8. The molecule has 27 rings (SSSR count). The fourth-order valence-corrected chi connectivity index (χ4v) is 21.6. The first-order chi connectivity index (χ1) is 72.0. The van der Waals surface area contributed by atoms with Gasteiger partial charge in [-0.1, -0.05) is 388 Å². The van der Waals surface area contributed by atoms with Gasteiger partial charge >= 0.3 is 15.1 Å². The lowest BCUT2D eigenvalue weighted by Crippen LogP contribution is -2.37. The van der Waals surface area contributed by atoms with Crippen LogP contribution >= 0.6 is 0 Å². The quantitative estimate of drug-likeness (QED) is 0.0469. The van der Waals surface area contributed by atoms with Gasteiger partial charge in [-0.2, -0.15) is 0 Å². The molecule has 0 unspecified atom stereocenters. The topological polar surface area (TPSA) is 104 Å². The van der Waals surface area contributed by atoms with Gasteiger partial charge in [-0.05, 0) is 221 Å². The Morgan fingerprint density at radius 3 is 0.848 bits per heavy atom. The van der Waals surface area contributed by atoms with Crippen molar-refractivity contribution in [3.8, 4) is 78.6 Å². The highest BCUT2D eigenvalue weighted by Crippen LogP contribution is 2.48. The normalized spacial score (nSPS) is 11.2. The van der Waals surface area contributed by atoms with Crippen molar-refractivity contribution in [3.05, 3.63) is 553 Å². The third kappa shape index (κ3) is 17.9. The van der Waals surface area contributed by atoms with Gasteiger partial charge < -0.3 is 25.7 Å². The maximum absolute atomic E-state index is 6.41. The molecule has 27 aromatic rings. The minimum absolute atomic E-state index is 0.608. The van der Waals surface area contributed by atoms with Crippen LogP contribution in [-0.2, 0) is 0 Å². The molecule has 11 nitrogen and oxygen atoms in total. The molecule has 0 aliphatic carbocycles. The molecule has 12 heteroatoms. The van der Waals surface area contributed by atoms with Crippen molar-refractivity contribution in [2.45, 2.75) is 0 Å². The maximum Gasteiger partial charge on any atom is 1.20 e. The summed E-state index contributed by atoms with van der Waals surface area (Å²) in [4.78, 5) is 27.6. The maximum atomic E-state index is 6.41. The van der Waals surface area contributed by atoms with E-state index in [4.69, 9.17) is 11.4 Å². The number of rotatable bonds is 18. The Labute approximate surface area is 844 Å². The van der Waals surface area contributed by atoms with Crippen molar-refractivity contribution in [1.82, 2.24) is 29.5 Å². The molecular weight excluding hydrogens is 1780 g/mol. The lowest BCUT2D eigenvalue weighted by atomic mass is 9.86. The minimum atomic E-state index is -2.86. The highest BCUT2D eigenvalue weighted by atomic mass is 27.3. The van der Waals surface area contributed by atoms with Gasteiger partial charge in [-0.15, -0.1) is 0 Å². The molecule has 0 saturated carbocycles. The van der Waals surface area contributed by atoms with Gasteiger partial charge in [-0.25, -0.2) is 0 Å². The Morgan fingerprint density at radius 2 is 0.462 bits per heavy atom. The van der Waals surface area contributed by atoms with E-state index in [0.717, 1.165) is 88.6 Å². The fraction of sp³-hybridized carbons (Fsp3) is 0. The van der Waals surface area contributed by atoms with Crippen molar-refractivity contribution in [3.63, 3.8) is 0 Å². The molecule has 684 valence electrons. The largest absolute Gasteiger partial charge is 1.20 e. The van der Waals surface area contributed by atoms with Crippen molar-refractivity contribution in [2.75, 3.05) is 9.80 Å².